The molecule has 2 N–H and O–H groups in total. The van der Waals surface area contributed by atoms with Crippen LogP contribution in [0.1, 0.15) is 11.3 Å². The Hall–Kier alpha value is -2.73. The molecule has 0 aliphatic rings. The van der Waals surface area contributed by atoms with Gasteiger partial charge in [-0.3, -0.25) is 14.6 Å². The number of halogens is 1. The van der Waals surface area contributed by atoms with Crippen LogP contribution in [0.5, 0.6) is 0 Å². The Balaban J connectivity index is 1.82. The van der Waals surface area contributed by atoms with E-state index in [9.17, 15) is 9.59 Å². The molecule has 0 saturated carbocycles. The first-order chi connectivity index (χ1) is 10.7. The third-order valence-corrected chi connectivity index (χ3v) is 2.98. The fourth-order valence-electron chi connectivity index (χ4n) is 1.54. The van der Waals surface area contributed by atoms with E-state index >= 15 is 0 Å². The van der Waals surface area contributed by atoms with E-state index in [4.69, 9.17) is 11.6 Å². The third-order valence-electron chi connectivity index (χ3n) is 2.64. The van der Waals surface area contributed by atoms with Crippen molar-refractivity contribution in [2.75, 3.05) is 0 Å². The molecule has 2 amide bonds. The van der Waals surface area contributed by atoms with Gasteiger partial charge in [0.2, 0.25) is 0 Å². The molecule has 0 radical (unpaired) electrons. The Morgan fingerprint density at radius 2 is 1.91 bits per heavy atom. The van der Waals surface area contributed by atoms with Crippen molar-refractivity contribution >= 4 is 29.6 Å². The molecular weight excluding hydrogens is 304 g/mol. The zero-order valence-corrected chi connectivity index (χ0v) is 12.2. The second-order valence-corrected chi connectivity index (χ2v) is 4.63. The zero-order chi connectivity index (χ0) is 15.8. The van der Waals surface area contributed by atoms with Gasteiger partial charge in [-0.25, -0.2) is 5.43 Å². The predicted octanol–water partition coefficient (Wildman–Crippen LogP) is 1.50. The van der Waals surface area contributed by atoms with Gasteiger partial charge in [0, 0.05) is 16.8 Å². The van der Waals surface area contributed by atoms with Gasteiger partial charge in [-0.05, 0) is 18.2 Å². The minimum Gasteiger partial charge on any atom is -0.342 e. The summed E-state index contributed by atoms with van der Waals surface area (Å²) in [6.45, 7) is 0.168. The van der Waals surface area contributed by atoms with Crippen LogP contribution in [0.25, 0.3) is 0 Å². The Bertz CT molecular complexity index is 689. The van der Waals surface area contributed by atoms with E-state index in [1.807, 2.05) is 0 Å². The lowest BCUT2D eigenvalue weighted by atomic mass is 10.2. The lowest BCUT2D eigenvalue weighted by Gasteiger charge is -2.03. The van der Waals surface area contributed by atoms with Gasteiger partial charge in [-0.1, -0.05) is 35.9 Å². The van der Waals surface area contributed by atoms with Gasteiger partial charge >= 0.3 is 11.8 Å². The molecule has 0 fully saturated rings. The normalized spacial score (nSPS) is 10.4. The maximum atomic E-state index is 11.6. The molecule has 22 heavy (non-hydrogen) atoms. The van der Waals surface area contributed by atoms with E-state index in [0.717, 1.165) is 0 Å². The van der Waals surface area contributed by atoms with Gasteiger partial charge in [0.1, 0.15) is 0 Å². The number of carbonyl (C=O) groups is 2. The van der Waals surface area contributed by atoms with Crippen LogP contribution >= 0.6 is 11.6 Å². The molecule has 2 aromatic rings. The molecular formula is C15H13ClN4O2. The van der Waals surface area contributed by atoms with Crippen LogP contribution in [0.4, 0.5) is 0 Å². The molecule has 1 aromatic heterocycles. The maximum absolute atomic E-state index is 11.6. The maximum Gasteiger partial charge on any atom is 0.329 e. The average Bonchev–Trinajstić information content (AvgIpc) is 2.55. The number of amides is 2. The first kappa shape index (κ1) is 15.7. The highest BCUT2D eigenvalue weighted by atomic mass is 35.5. The number of pyridine rings is 1. The highest BCUT2D eigenvalue weighted by Gasteiger charge is 2.12. The van der Waals surface area contributed by atoms with Crippen molar-refractivity contribution in [3.63, 3.8) is 0 Å². The van der Waals surface area contributed by atoms with Crippen LogP contribution in [0.2, 0.25) is 5.02 Å². The minimum atomic E-state index is -0.862. The Morgan fingerprint density at radius 3 is 2.64 bits per heavy atom. The lowest BCUT2D eigenvalue weighted by molar-refractivity contribution is -0.139. The fourth-order valence-corrected chi connectivity index (χ4v) is 1.73. The van der Waals surface area contributed by atoms with Crippen molar-refractivity contribution in [2.45, 2.75) is 6.54 Å². The molecule has 6 nitrogen and oxygen atoms in total. The van der Waals surface area contributed by atoms with Crippen LogP contribution in [-0.2, 0) is 16.1 Å². The smallest absolute Gasteiger partial charge is 0.329 e. The fraction of sp³-hybridized carbons (Fsp3) is 0.0667. The van der Waals surface area contributed by atoms with Crippen molar-refractivity contribution in [1.82, 2.24) is 15.7 Å². The number of nitrogens with one attached hydrogen (secondary N) is 2. The Kier molecular flexibility index (Phi) is 5.62. The molecule has 0 aliphatic carbocycles. The molecule has 7 heteroatoms. The number of benzene rings is 1. The summed E-state index contributed by atoms with van der Waals surface area (Å²) in [6, 6.07) is 12.3. The standard InChI is InChI=1S/C15H13ClN4O2/c16-13-7-2-1-5-11(13)9-19-20-15(22)14(21)18-10-12-6-3-4-8-17-12/h1-9H,10H2,(H,18,21)(H,20,22). The van der Waals surface area contributed by atoms with E-state index in [-0.39, 0.29) is 6.54 Å². The topological polar surface area (TPSA) is 83.5 Å². The van der Waals surface area contributed by atoms with E-state index < -0.39 is 11.8 Å². The summed E-state index contributed by atoms with van der Waals surface area (Å²) in [5, 5.41) is 6.64. The first-order valence-electron chi connectivity index (χ1n) is 6.42. The number of nitrogens with zero attached hydrogens (tertiary/aromatic N) is 2. The number of hydrogen-bond acceptors (Lipinski definition) is 4. The highest BCUT2D eigenvalue weighted by Crippen LogP contribution is 2.11. The highest BCUT2D eigenvalue weighted by molar-refractivity contribution is 6.35. The van der Waals surface area contributed by atoms with Gasteiger partial charge in [0.05, 0.1) is 18.5 Å². The second kappa shape index (κ2) is 7.90. The van der Waals surface area contributed by atoms with Crippen LogP contribution in [0.3, 0.4) is 0 Å². The summed E-state index contributed by atoms with van der Waals surface area (Å²) in [5.41, 5.74) is 3.43. The van der Waals surface area contributed by atoms with Gasteiger partial charge in [-0.15, -0.1) is 0 Å². The van der Waals surface area contributed by atoms with Crippen LogP contribution in [0, 0.1) is 0 Å². The Morgan fingerprint density at radius 1 is 1.14 bits per heavy atom. The van der Waals surface area contributed by atoms with Crippen LogP contribution in [0.15, 0.2) is 53.8 Å². The number of carbonyl (C=O) groups excluding carboxylic acids is 2. The lowest BCUT2D eigenvalue weighted by Crippen LogP contribution is -2.37. The van der Waals surface area contributed by atoms with Gasteiger partial charge < -0.3 is 5.32 Å². The number of hydrazone groups is 1. The van der Waals surface area contributed by atoms with E-state index in [1.54, 1.807) is 48.7 Å². The SMILES string of the molecule is O=C(NCc1ccccn1)C(=O)NN=Cc1ccccc1Cl. The summed E-state index contributed by atoms with van der Waals surface area (Å²) in [5.74, 6) is -1.65. The number of rotatable bonds is 4. The first-order valence-corrected chi connectivity index (χ1v) is 6.80. The van der Waals surface area contributed by atoms with Crippen molar-refractivity contribution in [2.24, 2.45) is 5.10 Å². The largest absolute Gasteiger partial charge is 0.342 e. The van der Waals surface area contributed by atoms with Crippen molar-refractivity contribution < 1.29 is 9.59 Å². The summed E-state index contributed by atoms with van der Waals surface area (Å²) in [4.78, 5) is 27.2. The molecule has 0 saturated heterocycles. The van der Waals surface area contributed by atoms with E-state index in [2.05, 4.69) is 20.8 Å². The second-order valence-electron chi connectivity index (χ2n) is 4.22. The van der Waals surface area contributed by atoms with E-state index in [1.165, 1.54) is 6.21 Å². The molecule has 0 bridgehead atoms. The van der Waals surface area contributed by atoms with E-state index in [0.29, 0.717) is 16.3 Å². The third kappa shape index (κ3) is 4.68. The molecule has 0 spiro atoms. The zero-order valence-electron chi connectivity index (χ0n) is 11.5. The molecule has 0 aliphatic heterocycles. The quantitative estimate of drug-likeness (QED) is 0.509. The van der Waals surface area contributed by atoms with Crippen molar-refractivity contribution in [3.8, 4) is 0 Å². The van der Waals surface area contributed by atoms with Crippen molar-refractivity contribution in [1.29, 1.82) is 0 Å². The summed E-state index contributed by atoms with van der Waals surface area (Å²) in [6.07, 6.45) is 2.97. The molecule has 1 heterocycles. The Labute approximate surface area is 132 Å². The summed E-state index contributed by atoms with van der Waals surface area (Å²) >= 11 is 5.93. The molecule has 112 valence electrons. The minimum absolute atomic E-state index is 0.168. The summed E-state index contributed by atoms with van der Waals surface area (Å²) in [7, 11) is 0. The van der Waals surface area contributed by atoms with Gasteiger partial charge in [-0.2, -0.15) is 5.10 Å². The number of hydrogen-bond donors (Lipinski definition) is 2. The monoisotopic (exact) mass is 316 g/mol. The molecule has 0 unspecified atom stereocenters. The van der Waals surface area contributed by atoms with Gasteiger partial charge in [0.15, 0.2) is 0 Å². The number of aromatic nitrogens is 1. The summed E-state index contributed by atoms with van der Waals surface area (Å²) < 4.78 is 0. The molecule has 2 rings (SSSR count). The average molecular weight is 317 g/mol. The predicted molar refractivity (Wildman–Crippen MR) is 83.3 cm³/mol. The van der Waals surface area contributed by atoms with Gasteiger partial charge in [0.25, 0.3) is 0 Å². The molecule has 0 atom stereocenters. The molecule has 1 aromatic carbocycles. The van der Waals surface area contributed by atoms with Crippen LogP contribution < -0.4 is 10.7 Å². The van der Waals surface area contributed by atoms with Crippen LogP contribution in [-0.4, -0.2) is 23.0 Å². The van der Waals surface area contributed by atoms with Crippen molar-refractivity contribution in [3.05, 3.63) is 64.9 Å².